The molecule has 1 amide bonds. The lowest BCUT2D eigenvalue weighted by molar-refractivity contribution is 0.0236. The number of rotatable bonds is 1. The van der Waals surface area contributed by atoms with Gasteiger partial charge in [-0.15, -0.1) is 0 Å². The average molecular weight is 380 g/mol. The molecule has 1 aliphatic rings. The zero-order chi connectivity index (χ0) is 20.5. The highest BCUT2D eigenvalue weighted by molar-refractivity contribution is 5.99. The predicted molar refractivity (Wildman–Crippen MR) is 106 cm³/mol. The third kappa shape index (κ3) is 3.91. The van der Waals surface area contributed by atoms with Crippen LogP contribution in [-0.2, 0) is 4.74 Å². The molecule has 1 aromatic heterocycles. The molecule has 2 heterocycles. The first-order valence-electron chi connectivity index (χ1n) is 9.29. The Hall–Kier alpha value is -3.14. The van der Waals surface area contributed by atoms with Crippen molar-refractivity contribution >= 4 is 28.5 Å². The molecule has 0 radical (unpaired) electrons. The molecule has 3 rings (SSSR count). The summed E-state index contributed by atoms with van der Waals surface area (Å²) in [5.74, 6) is -0.177. The summed E-state index contributed by atoms with van der Waals surface area (Å²) in [6.07, 6.45) is 2.52. The van der Waals surface area contributed by atoms with Crippen molar-refractivity contribution in [3.8, 4) is 6.07 Å². The molecule has 1 aliphatic heterocycles. The Labute approximate surface area is 164 Å². The highest BCUT2D eigenvalue weighted by Crippen LogP contribution is 2.31. The molecule has 0 spiro atoms. The van der Waals surface area contributed by atoms with Gasteiger partial charge in [0.15, 0.2) is 0 Å². The first-order valence-corrected chi connectivity index (χ1v) is 9.29. The van der Waals surface area contributed by atoms with Crippen LogP contribution in [0.4, 0.5) is 4.79 Å². The Balaban J connectivity index is 1.88. The van der Waals surface area contributed by atoms with E-state index in [9.17, 15) is 14.9 Å². The van der Waals surface area contributed by atoms with Crippen molar-refractivity contribution in [1.29, 1.82) is 5.26 Å². The first kappa shape index (κ1) is 19.6. The van der Waals surface area contributed by atoms with Gasteiger partial charge in [-0.2, -0.15) is 10.4 Å². The minimum atomic E-state index is -0.530. The molecule has 1 saturated heterocycles. The van der Waals surface area contributed by atoms with E-state index in [-0.39, 0.29) is 12.0 Å². The van der Waals surface area contributed by atoms with Crippen LogP contribution in [0.3, 0.4) is 0 Å². The fraction of sp³-hybridized carbons (Fsp3) is 0.429. The van der Waals surface area contributed by atoms with Gasteiger partial charge in [0.2, 0.25) is 5.91 Å². The molecule has 0 unspecified atom stereocenters. The van der Waals surface area contributed by atoms with Crippen LogP contribution in [0, 0.1) is 11.3 Å². The monoisotopic (exact) mass is 380 g/mol. The van der Waals surface area contributed by atoms with Crippen LogP contribution in [0.2, 0.25) is 0 Å². The number of hydrogen-bond donors (Lipinski definition) is 0. The number of carbonyl (C=O) groups excluding carboxylic acids is 2. The van der Waals surface area contributed by atoms with Gasteiger partial charge in [-0.1, -0.05) is 12.1 Å². The largest absolute Gasteiger partial charge is 0.444 e. The minimum absolute atomic E-state index is 0.177. The number of fused-ring (bicyclic) bond motifs is 1. The maximum Gasteiger partial charge on any atom is 0.410 e. The van der Waals surface area contributed by atoms with E-state index in [1.54, 1.807) is 11.1 Å². The smallest absolute Gasteiger partial charge is 0.410 e. The van der Waals surface area contributed by atoms with Gasteiger partial charge >= 0.3 is 6.09 Å². The van der Waals surface area contributed by atoms with Crippen molar-refractivity contribution in [3.05, 3.63) is 35.5 Å². The summed E-state index contributed by atoms with van der Waals surface area (Å²) in [6.45, 7) is 8.01. The zero-order valence-electron chi connectivity index (χ0n) is 16.7. The Kier molecular flexibility index (Phi) is 5.23. The topological polar surface area (TPSA) is 88.2 Å². The van der Waals surface area contributed by atoms with Crippen LogP contribution in [-0.4, -0.2) is 45.4 Å². The van der Waals surface area contributed by atoms with Crippen LogP contribution in [0.25, 0.3) is 16.5 Å². The van der Waals surface area contributed by atoms with E-state index >= 15 is 0 Å². The first-order chi connectivity index (χ1) is 13.2. The maximum absolute atomic E-state index is 12.3. The van der Waals surface area contributed by atoms with Crippen molar-refractivity contribution in [2.75, 3.05) is 13.1 Å². The van der Waals surface area contributed by atoms with Crippen LogP contribution < -0.4 is 0 Å². The summed E-state index contributed by atoms with van der Waals surface area (Å²) >= 11 is 0. The van der Waals surface area contributed by atoms with Gasteiger partial charge in [0.05, 0.1) is 23.4 Å². The second-order valence-electron chi connectivity index (χ2n) is 7.87. The molecular formula is C21H24N4O3. The van der Waals surface area contributed by atoms with Crippen molar-refractivity contribution in [1.82, 2.24) is 14.7 Å². The summed E-state index contributed by atoms with van der Waals surface area (Å²) in [6, 6.07) is 7.84. The number of likely N-dealkylation sites (tertiary alicyclic amines) is 1. The average Bonchev–Trinajstić information content (AvgIpc) is 3.06. The molecule has 1 aromatic carbocycles. The van der Waals surface area contributed by atoms with E-state index in [2.05, 4.69) is 11.2 Å². The van der Waals surface area contributed by atoms with Crippen molar-refractivity contribution in [3.63, 3.8) is 0 Å². The van der Waals surface area contributed by atoms with E-state index in [0.717, 1.165) is 16.5 Å². The van der Waals surface area contributed by atoms with Crippen LogP contribution >= 0.6 is 0 Å². The quantitative estimate of drug-likeness (QED) is 0.698. The number of piperidine rings is 1. The Morgan fingerprint density at radius 2 is 1.89 bits per heavy atom. The Morgan fingerprint density at radius 1 is 1.21 bits per heavy atom. The van der Waals surface area contributed by atoms with Crippen LogP contribution in [0.5, 0.6) is 0 Å². The number of nitrogens with zero attached hydrogens (tertiary/aromatic N) is 4. The molecule has 1 fully saturated rings. The second-order valence-corrected chi connectivity index (χ2v) is 7.87. The number of carbonyl (C=O) groups is 2. The third-order valence-corrected chi connectivity index (χ3v) is 4.67. The summed E-state index contributed by atoms with van der Waals surface area (Å²) in [7, 11) is 0. The van der Waals surface area contributed by atoms with Gasteiger partial charge in [-0.3, -0.25) is 4.79 Å². The molecule has 28 heavy (non-hydrogen) atoms. The highest BCUT2D eigenvalue weighted by atomic mass is 16.6. The molecular weight excluding hydrogens is 356 g/mol. The van der Waals surface area contributed by atoms with E-state index in [1.165, 1.54) is 11.6 Å². The van der Waals surface area contributed by atoms with Gasteiger partial charge in [-0.05, 0) is 45.3 Å². The van der Waals surface area contributed by atoms with E-state index < -0.39 is 5.60 Å². The maximum atomic E-state index is 12.3. The predicted octanol–water partition coefficient (Wildman–Crippen LogP) is 4.00. The number of hydrogen-bond acceptors (Lipinski definition) is 5. The zero-order valence-corrected chi connectivity index (χ0v) is 16.7. The lowest BCUT2D eigenvalue weighted by Crippen LogP contribution is -2.40. The van der Waals surface area contributed by atoms with Gasteiger partial charge < -0.3 is 9.64 Å². The van der Waals surface area contributed by atoms with Crippen LogP contribution in [0.15, 0.2) is 30.0 Å². The second kappa shape index (κ2) is 7.47. The van der Waals surface area contributed by atoms with E-state index in [4.69, 9.17) is 4.74 Å². The van der Waals surface area contributed by atoms with Crippen molar-refractivity contribution in [2.24, 2.45) is 0 Å². The fourth-order valence-corrected chi connectivity index (χ4v) is 3.39. The van der Waals surface area contributed by atoms with Gasteiger partial charge in [0.1, 0.15) is 5.60 Å². The molecule has 7 nitrogen and oxygen atoms in total. The lowest BCUT2D eigenvalue weighted by Gasteiger charge is -2.31. The summed E-state index contributed by atoms with van der Waals surface area (Å²) in [5, 5.41) is 14.8. The lowest BCUT2D eigenvalue weighted by atomic mass is 9.92. The molecule has 7 heteroatoms. The Bertz CT molecular complexity index is 995. The van der Waals surface area contributed by atoms with Gasteiger partial charge in [0.25, 0.3) is 0 Å². The Morgan fingerprint density at radius 3 is 2.46 bits per heavy atom. The highest BCUT2D eigenvalue weighted by Gasteiger charge is 2.26. The number of amides is 1. The summed E-state index contributed by atoms with van der Waals surface area (Å²) in [4.78, 5) is 25.7. The van der Waals surface area contributed by atoms with Gasteiger partial charge in [-0.25, -0.2) is 9.48 Å². The normalized spacial score (nSPS) is 14.7. The minimum Gasteiger partial charge on any atom is -0.444 e. The molecule has 0 bridgehead atoms. The molecule has 0 saturated carbocycles. The molecule has 0 atom stereocenters. The fourth-order valence-electron chi connectivity index (χ4n) is 3.39. The van der Waals surface area contributed by atoms with Gasteiger partial charge in [0, 0.05) is 31.0 Å². The number of ether oxygens (including phenoxy) is 1. The van der Waals surface area contributed by atoms with Crippen molar-refractivity contribution in [2.45, 2.75) is 46.1 Å². The molecule has 0 N–H and O–H groups in total. The van der Waals surface area contributed by atoms with E-state index in [0.29, 0.717) is 37.0 Å². The number of nitriles is 1. The van der Waals surface area contributed by atoms with Crippen molar-refractivity contribution < 1.29 is 14.3 Å². The van der Waals surface area contributed by atoms with E-state index in [1.807, 2.05) is 39.0 Å². The standard InChI is InChI=1S/C21H24N4O3/c1-14(26)25-19-7-5-6-16(18(19)13-23-25)17(12-22)15-8-10-24(11-9-15)20(27)28-21(2,3)4/h5-7,13H,8-11H2,1-4H3. The number of aromatic nitrogens is 2. The number of benzene rings is 1. The third-order valence-electron chi connectivity index (χ3n) is 4.67. The molecule has 0 aliphatic carbocycles. The number of allylic oxidation sites excluding steroid dienone is 1. The SMILES string of the molecule is CC(=O)n1ncc2c(C(C#N)=C3CCN(C(=O)OC(C)(C)C)CC3)cccc21. The molecule has 2 aromatic rings. The summed E-state index contributed by atoms with van der Waals surface area (Å²) in [5.41, 5.74) is 2.53. The molecule has 146 valence electrons. The van der Waals surface area contributed by atoms with Crippen LogP contribution in [0.1, 0.15) is 50.9 Å². The summed E-state index contributed by atoms with van der Waals surface area (Å²) < 4.78 is 6.77.